The summed E-state index contributed by atoms with van der Waals surface area (Å²) in [6, 6.07) is 15.7. The first-order chi connectivity index (χ1) is 13.1. The zero-order valence-corrected chi connectivity index (χ0v) is 15.7. The number of thiazole rings is 1. The lowest BCUT2D eigenvalue weighted by Crippen LogP contribution is -2.30. The van der Waals surface area contributed by atoms with Crippen LogP contribution in [0.5, 0.6) is 0 Å². The van der Waals surface area contributed by atoms with Crippen molar-refractivity contribution < 1.29 is 9.59 Å². The summed E-state index contributed by atoms with van der Waals surface area (Å²) in [5.41, 5.74) is 4.66. The smallest absolute Gasteiger partial charge is 0.234 e. The molecule has 27 heavy (non-hydrogen) atoms. The molecule has 3 aromatic rings. The molecular formula is C21H19N3O2S. The van der Waals surface area contributed by atoms with E-state index in [-0.39, 0.29) is 18.2 Å². The van der Waals surface area contributed by atoms with E-state index in [9.17, 15) is 9.59 Å². The summed E-state index contributed by atoms with van der Waals surface area (Å²) in [6.45, 7) is 2.12. The number of nitrogens with one attached hydrogen (secondary N) is 2. The number of para-hydroxylation sites is 1. The number of hydrogen-bond acceptors (Lipinski definition) is 4. The molecule has 2 aromatic carbocycles. The van der Waals surface area contributed by atoms with Crippen molar-refractivity contribution >= 4 is 34.0 Å². The summed E-state index contributed by atoms with van der Waals surface area (Å²) in [5, 5.41) is 8.15. The first-order valence-electron chi connectivity index (χ1n) is 8.88. The van der Waals surface area contributed by atoms with E-state index in [1.807, 2.05) is 41.8 Å². The zero-order chi connectivity index (χ0) is 18.8. The number of carbonyl (C=O) groups excluding carboxylic acids is 2. The number of anilines is 2. The number of aromatic nitrogens is 1. The molecule has 5 nitrogen and oxygen atoms in total. The van der Waals surface area contributed by atoms with Gasteiger partial charge in [-0.2, -0.15) is 0 Å². The van der Waals surface area contributed by atoms with E-state index in [0.717, 1.165) is 23.2 Å². The summed E-state index contributed by atoms with van der Waals surface area (Å²) in [7, 11) is 0. The van der Waals surface area contributed by atoms with E-state index in [2.05, 4.69) is 34.7 Å². The number of carbonyl (C=O) groups is 2. The van der Waals surface area contributed by atoms with Crippen LogP contribution in [-0.4, -0.2) is 16.8 Å². The molecule has 0 bridgehead atoms. The molecule has 2 heterocycles. The van der Waals surface area contributed by atoms with E-state index >= 15 is 0 Å². The minimum Gasteiger partial charge on any atom is -0.326 e. The minimum atomic E-state index is -0.508. The van der Waals surface area contributed by atoms with Gasteiger partial charge in [0.1, 0.15) is 0 Å². The lowest BCUT2D eigenvalue weighted by molar-refractivity contribution is -0.123. The van der Waals surface area contributed by atoms with Crippen LogP contribution in [0.2, 0.25) is 0 Å². The minimum absolute atomic E-state index is 0.138. The van der Waals surface area contributed by atoms with Crippen LogP contribution in [0, 0.1) is 0 Å². The Kier molecular flexibility index (Phi) is 4.73. The molecule has 0 radical (unpaired) electrons. The third-order valence-electron chi connectivity index (χ3n) is 4.71. The van der Waals surface area contributed by atoms with E-state index in [1.54, 1.807) is 0 Å². The van der Waals surface area contributed by atoms with Crippen molar-refractivity contribution in [1.82, 2.24) is 4.98 Å². The highest BCUT2D eigenvalue weighted by Gasteiger charge is 2.30. The molecule has 2 amide bonds. The van der Waals surface area contributed by atoms with Crippen LogP contribution < -0.4 is 10.6 Å². The molecule has 1 aliphatic heterocycles. The van der Waals surface area contributed by atoms with Crippen molar-refractivity contribution in [2.45, 2.75) is 25.7 Å². The van der Waals surface area contributed by atoms with Crippen LogP contribution in [0.15, 0.2) is 53.9 Å². The summed E-state index contributed by atoms with van der Waals surface area (Å²) in [5.74, 6) is -0.865. The number of rotatable bonds is 4. The van der Waals surface area contributed by atoms with E-state index in [4.69, 9.17) is 0 Å². The van der Waals surface area contributed by atoms with Gasteiger partial charge in [-0.3, -0.25) is 9.59 Å². The molecule has 0 fully saturated rings. The molecule has 1 unspecified atom stereocenters. The third-order valence-corrected chi connectivity index (χ3v) is 5.47. The molecular weight excluding hydrogens is 358 g/mol. The highest BCUT2D eigenvalue weighted by Crippen LogP contribution is 2.33. The van der Waals surface area contributed by atoms with Gasteiger partial charge in [-0.1, -0.05) is 49.4 Å². The van der Waals surface area contributed by atoms with Gasteiger partial charge in [-0.25, -0.2) is 4.98 Å². The van der Waals surface area contributed by atoms with Gasteiger partial charge in [0.15, 0.2) is 5.13 Å². The molecule has 0 saturated heterocycles. The van der Waals surface area contributed by atoms with Crippen LogP contribution in [-0.2, 0) is 16.0 Å². The van der Waals surface area contributed by atoms with E-state index in [0.29, 0.717) is 10.8 Å². The number of aryl methyl sites for hydroxylation is 1. The van der Waals surface area contributed by atoms with Gasteiger partial charge >= 0.3 is 0 Å². The molecule has 1 atom stereocenters. The van der Waals surface area contributed by atoms with Crippen molar-refractivity contribution in [1.29, 1.82) is 0 Å². The number of benzene rings is 2. The predicted octanol–water partition coefficient (Wildman–Crippen LogP) is 4.44. The summed E-state index contributed by atoms with van der Waals surface area (Å²) < 4.78 is 0. The second-order valence-electron chi connectivity index (χ2n) is 6.47. The zero-order valence-electron chi connectivity index (χ0n) is 14.9. The van der Waals surface area contributed by atoms with Crippen molar-refractivity contribution in [3.05, 3.63) is 65.0 Å². The Morgan fingerprint density at radius 1 is 1.22 bits per heavy atom. The highest BCUT2D eigenvalue weighted by atomic mass is 32.1. The third kappa shape index (κ3) is 3.61. The average molecular weight is 377 g/mol. The van der Waals surface area contributed by atoms with E-state index < -0.39 is 5.92 Å². The molecule has 1 aliphatic rings. The quantitative estimate of drug-likeness (QED) is 0.706. The first-order valence-corrected chi connectivity index (χ1v) is 9.76. The summed E-state index contributed by atoms with van der Waals surface area (Å²) in [4.78, 5) is 29.2. The fraction of sp³-hybridized carbons (Fsp3) is 0.190. The summed E-state index contributed by atoms with van der Waals surface area (Å²) in [6.07, 6.45) is 1.13. The van der Waals surface area contributed by atoms with Gasteiger partial charge in [0.25, 0.3) is 0 Å². The van der Waals surface area contributed by atoms with Gasteiger partial charge in [-0.05, 0) is 23.6 Å². The molecule has 6 heteroatoms. The molecule has 2 N–H and O–H groups in total. The Bertz CT molecular complexity index is 995. The number of fused-ring (bicyclic) bond motifs is 1. The Balaban J connectivity index is 1.52. The van der Waals surface area contributed by atoms with Crippen LogP contribution in [0.1, 0.15) is 30.4 Å². The Hall–Kier alpha value is -2.99. The monoisotopic (exact) mass is 377 g/mol. The maximum absolute atomic E-state index is 12.8. The molecule has 136 valence electrons. The van der Waals surface area contributed by atoms with Gasteiger partial charge in [0.05, 0.1) is 11.6 Å². The van der Waals surface area contributed by atoms with Gasteiger partial charge in [-0.15, -0.1) is 11.3 Å². The largest absolute Gasteiger partial charge is 0.326 e. The van der Waals surface area contributed by atoms with Crippen molar-refractivity contribution in [3.8, 4) is 11.3 Å². The Labute approximate surface area is 161 Å². The standard InChI is InChI=1S/C21H19N3O2S/c1-2-13-7-9-14(10-8-13)18-12-27-21(23-18)24-20(26)16-11-19(25)22-17-6-4-3-5-15(16)17/h3-10,12,16H,2,11H2,1H3,(H,22,25)(H,23,24,26). The van der Waals surface area contributed by atoms with Crippen LogP contribution in [0.3, 0.4) is 0 Å². The number of nitrogens with zero attached hydrogens (tertiary/aromatic N) is 1. The number of hydrogen-bond donors (Lipinski definition) is 2. The van der Waals surface area contributed by atoms with Gasteiger partial charge in [0, 0.05) is 23.1 Å². The van der Waals surface area contributed by atoms with E-state index in [1.165, 1.54) is 16.9 Å². The number of amides is 2. The van der Waals surface area contributed by atoms with Crippen molar-refractivity contribution in [3.63, 3.8) is 0 Å². The van der Waals surface area contributed by atoms with Crippen LogP contribution in [0.25, 0.3) is 11.3 Å². The molecule has 4 rings (SSSR count). The lowest BCUT2D eigenvalue weighted by Gasteiger charge is -2.24. The molecule has 1 aromatic heterocycles. The van der Waals surface area contributed by atoms with Crippen molar-refractivity contribution in [2.75, 3.05) is 10.6 Å². The second kappa shape index (κ2) is 7.32. The SMILES string of the molecule is CCc1ccc(-c2csc(NC(=O)C3CC(=O)Nc4ccccc43)n2)cc1. The van der Waals surface area contributed by atoms with Gasteiger partial charge in [0.2, 0.25) is 11.8 Å². The van der Waals surface area contributed by atoms with Crippen LogP contribution >= 0.6 is 11.3 Å². The Morgan fingerprint density at radius 2 is 2.00 bits per heavy atom. The van der Waals surface area contributed by atoms with Crippen molar-refractivity contribution in [2.24, 2.45) is 0 Å². The second-order valence-corrected chi connectivity index (χ2v) is 7.33. The predicted molar refractivity (Wildman–Crippen MR) is 108 cm³/mol. The Morgan fingerprint density at radius 3 is 2.78 bits per heavy atom. The molecule has 0 aliphatic carbocycles. The molecule has 0 saturated carbocycles. The average Bonchev–Trinajstić information content (AvgIpc) is 3.15. The first kappa shape index (κ1) is 17.4. The van der Waals surface area contributed by atoms with Gasteiger partial charge < -0.3 is 10.6 Å². The summed E-state index contributed by atoms with van der Waals surface area (Å²) >= 11 is 1.39. The van der Waals surface area contributed by atoms with Crippen LogP contribution in [0.4, 0.5) is 10.8 Å². The topological polar surface area (TPSA) is 71.1 Å². The molecule has 0 spiro atoms. The maximum atomic E-state index is 12.8. The fourth-order valence-electron chi connectivity index (χ4n) is 3.21. The maximum Gasteiger partial charge on any atom is 0.234 e. The fourth-order valence-corrected chi connectivity index (χ4v) is 3.94. The highest BCUT2D eigenvalue weighted by molar-refractivity contribution is 7.14. The normalized spacial score (nSPS) is 15.7. The lowest BCUT2D eigenvalue weighted by atomic mass is 9.90.